The predicted octanol–water partition coefficient (Wildman–Crippen LogP) is 5.48. The Hall–Kier alpha value is -2.79. The van der Waals surface area contributed by atoms with E-state index in [1.165, 1.54) is 0 Å². The maximum absolute atomic E-state index is 13.6. The van der Waals surface area contributed by atoms with Crippen molar-refractivity contribution in [3.8, 4) is 5.75 Å². The number of carbonyl (C=O) groups excluding carboxylic acids is 2. The molecule has 5 rings (SSSR count). The third-order valence-electron chi connectivity index (χ3n) is 6.06. The van der Waals surface area contributed by atoms with Crippen LogP contribution in [0.25, 0.3) is 20.4 Å². The van der Waals surface area contributed by atoms with Crippen LogP contribution in [0.5, 0.6) is 5.75 Å². The number of rotatable bonds is 5. The number of halogens is 1. The molecule has 0 unspecified atom stereocenters. The molecule has 2 amide bonds. The van der Waals surface area contributed by atoms with Crippen molar-refractivity contribution < 1.29 is 14.7 Å². The summed E-state index contributed by atoms with van der Waals surface area (Å²) in [6.45, 7) is 2.46. The molecule has 4 aromatic rings. The van der Waals surface area contributed by atoms with Crippen molar-refractivity contribution in [2.45, 2.75) is 25.7 Å². The van der Waals surface area contributed by atoms with Gasteiger partial charge in [0.2, 0.25) is 0 Å². The van der Waals surface area contributed by atoms with Crippen LogP contribution in [-0.2, 0) is 4.79 Å². The zero-order valence-electron chi connectivity index (χ0n) is 18.1. The van der Waals surface area contributed by atoms with Crippen LogP contribution >= 0.6 is 11.6 Å². The van der Waals surface area contributed by atoms with Gasteiger partial charge in [-0.15, -0.1) is 0 Å². The molecule has 0 radical (unpaired) electrons. The van der Waals surface area contributed by atoms with Gasteiger partial charge < -0.3 is 0 Å². The average molecular weight is 526 g/mol. The quantitative estimate of drug-likeness (QED) is 0.268. The number of nitrogens with zero attached hydrogens (tertiary/aromatic N) is 1. The Morgan fingerprint density at radius 3 is 2.70 bits per heavy atom. The summed E-state index contributed by atoms with van der Waals surface area (Å²) in [4.78, 5) is 27.3. The Balaban J connectivity index is 1.51. The molecule has 33 heavy (non-hydrogen) atoms. The van der Waals surface area contributed by atoms with E-state index in [0.29, 0.717) is 18.8 Å². The van der Waals surface area contributed by atoms with Crippen LogP contribution in [0.2, 0.25) is 0 Å². The standard InChI is InChI=1S/C26H23ClN2O3Se/c1-2-5-24(31)28-17-8-9-22-15(10-17)11-23(33-22)26(32)29-14-16(13-27)25-19-7-4-3-6-18(19)21(30)12-20(25)29/h3-4,6-12,16,30H,2,5,13-14H2,1H3,(H,28,31)/t16-/m1/s1. The van der Waals surface area contributed by atoms with Crippen LogP contribution in [0.15, 0.2) is 54.6 Å². The molecule has 0 saturated carbocycles. The fourth-order valence-corrected chi connectivity index (χ4v) is 6.89. The number of anilines is 2. The second-order valence-electron chi connectivity index (χ2n) is 8.30. The number of alkyl halides is 1. The minimum atomic E-state index is -0.128. The summed E-state index contributed by atoms with van der Waals surface area (Å²) in [5, 5.41) is 16.2. The van der Waals surface area contributed by atoms with E-state index in [4.69, 9.17) is 11.6 Å². The van der Waals surface area contributed by atoms with Crippen molar-refractivity contribution >= 4 is 69.7 Å². The monoisotopic (exact) mass is 526 g/mol. The first kappa shape index (κ1) is 22.0. The van der Waals surface area contributed by atoms with E-state index >= 15 is 0 Å². The third kappa shape index (κ3) is 3.93. The van der Waals surface area contributed by atoms with E-state index in [1.807, 2.05) is 55.5 Å². The Bertz CT molecular complexity index is 1400. The van der Waals surface area contributed by atoms with E-state index < -0.39 is 0 Å². The number of phenolic OH excluding ortho intramolecular Hbond substituents is 1. The molecule has 1 atom stereocenters. The van der Waals surface area contributed by atoms with Crippen molar-refractivity contribution in [3.05, 3.63) is 64.6 Å². The second kappa shape index (κ2) is 8.86. The zero-order valence-corrected chi connectivity index (χ0v) is 20.6. The van der Waals surface area contributed by atoms with Crippen LogP contribution in [0.1, 0.15) is 40.5 Å². The summed E-state index contributed by atoms with van der Waals surface area (Å²) in [6, 6.07) is 17.1. The molecule has 1 aliphatic heterocycles. The number of hydrogen-bond donors (Lipinski definition) is 2. The number of nitrogens with one attached hydrogen (secondary N) is 1. The molecule has 0 spiro atoms. The van der Waals surface area contributed by atoms with Gasteiger partial charge in [0, 0.05) is 0 Å². The number of phenols is 1. The van der Waals surface area contributed by atoms with Crippen LogP contribution in [0, 0.1) is 0 Å². The van der Waals surface area contributed by atoms with Crippen molar-refractivity contribution in [1.82, 2.24) is 0 Å². The van der Waals surface area contributed by atoms with Gasteiger partial charge in [0.25, 0.3) is 0 Å². The van der Waals surface area contributed by atoms with Crippen LogP contribution < -0.4 is 10.2 Å². The van der Waals surface area contributed by atoms with Crippen molar-refractivity contribution in [2.24, 2.45) is 0 Å². The van der Waals surface area contributed by atoms with Crippen molar-refractivity contribution in [1.29, 1.82) is 0 Å². The molecule has 2 heterocycles. The van der Waals surface area contributed by atoms with Gasteiger partial charge in [0.05, 0.1) is 0 Å². The molecular weight excluding hydrogens is 503 g/mol. The summed E-state index contributed by atoms with van der Waals surface area (Å²) < 4.78 is 1.87. The van der Waals surface area contributed by atoms with Crippen molar-refractivity contribution in [2.75, 3.05) is 22.6 Å². The fourth-order valence-electron chi connectivity index (χ4n) is 4.56. The molecular formula is C26H23ClN2O3Se. The Morgan fingerprint density at radius 2 is 1.94 bits per heavy atom. The Labute approximate surface area is 202 Å². The van der Waals surface area contributed by atoms with E-state index in [9.17, 15) is 14.7 Å². The molecule has 0 aliphatic carbocycles. The number of carbonyl (C=O) groups is 2. The first-order valence-electron chi connectivity index (χ1n) is 11.0. The van der Waals surface area contributed by atoms with Crippen molar-refractivity contribution in [3.63, 3.8) is 0 Å². The fraction of sp³-hybridized carbons (Fsp3) is 0.231. The molecule has 7 heteroatoms. The summed E-state index contributed by atoms with van der Waals surface area (Å²) >= 11 is 6.19. The van der Waals surface area contributed by atoms with E-state index in [2.05, 4.69) is 5.32 Å². The van der Waals surface area contributed by atoms with Gasteiger partial charge in [-0.2, -0.15) is 0 Å². The number of fused-ring (bicyclic) bond motifs is 4. The molecule has 0 saturated heterocycles. The maximum atomic E-state index is 13.6. The molecule has 1 aromatic heterocycles. The van der Waals surface area contributed by atoms with Gasteiger partial charge in [-0.1, -0.05) is 0 Å². The SMILES string of the molecule is CCCC(=O)Nc1ccc2[se]c(C(=O)N3C[C@@H](CCl)c4c3cc(O)c3ccccc43)cc2c1. The number of benzene rings is 3. The van der Waals surface area contributed by atoms with Crippen LogP contribution in [0.4, 0.5) is 11.4 Å². The van der Waals surface area contributed by atoms with Gasteiger partial charge >= 0.3 is 203 Å². The van der Waals surface area contributed by atoms with E-state index in [1.54, 1.807) is 11.0 Å². The second-order valence-corrected chi connectivity index (χ2v) is 10.9. The molecule has 5 nitrogen and oxygen atoms in total. The number of aromatic hydroxyl groups is 1. The van der Waals surface area contributed by atoms with Gasteiger partial charge in [0.1, 0.15) is 0 Å². The van der Waals surface area contributed by atoms with Crippen LogP contribution in [-0.4, -0.2) is 43.8 Å². The average Bonchev–Trinajstić information content (AvgIpc) is 3.40. The summed E-state index contributed by atoms with van der Waals surface area (Å²) in [5.74, 6) is 0.518. The third-order valence-corrected chi connectivity index (χ3v) is 8.75. The number of hydrogen-bond acceptors (Lipinski definition) is 3. The summed E-state index contributed by atoms with van der Waals surface area (Å²) in [5.41, 5.74) is 2.51. The van der Waals surface area contributed by atoms with Gasteiger partial charge in [-0.05, 0) is 0 Å². The molecule has 0 fully saturated rings. The van der Waals surface area contributed by atoms with Gasteiger partial charge in [-0.3, -0.25) is 0 Å². The molecule has 0 bridgehead atoms. The molecule has 1 aliphatic rings. The zero-order chi connectivity index (χ0) is 23.1. The van der Waals surface area contributed by atoms with Crippen LogP contribution in [0.3, 0.4) is 0 Å². The minimum absolute atomic E-state index is 0.00550. The van der Waals surface area contributed by atoms with Gasteiger partial charge in [-0.25, -0.2) is 0 Å². The molecule has 168 valence electrons. The Morgan fingerprint density at radius 1 is 1.15 bits per heavy atom. The van der Waals surface area contributed by atoms with Gasteiger partial charge in [0.15, 0.2) is 0 Å². The normalized spacial score (nSPS) is 15.2. The summed E-state index contributed by atoms with van der Waals surface area (Å²) in [6.07, 6.45) is 1.28. The first-order valence-corrected chi connectivity index (χ1v) is 13.2. The Kier molecular flexibility index (Phi) is 5.92. The topological polar surface area (TPSA) is 69.6 Å². The number of amides is 2. The predicted molar refractivity (Wildman–Crippen MR) is 135 cm³/mol. The van der Waals surface area contributed by atoms with E-state index in [-0.39, 0.29) is 38.0 Å². The molecule has 3 aromatic carbocycles. The van der Waals surface area contributed by atoms with E-state index in [0.717, 1.165) is 48.2 Å². The summed E-state index contributed by atoms with van der Waals surface area (Å²) in [7, 11) is 0. The molecule has 2 N–H and O–H groups in total. The first-order chi connectivity index (χ1) is 16.0.